The summed E-state index contributed by atoms with van der Waals surface area (Å²) < 4.78 is 4.80. The lowest BCUT2D eigenvalue weighted by molar-refractivity contribution is -0.146. The molecule has 2 unspecified atom stereocenters. The molecule has 148 valence electrons. The number of hydrogen-bond donors (Lipinski definition) is 1. The Bertz CT molecular complexity index is 675. The third kappa shape index (κ3) is 5.96. The Kier molecular flexibility index (Phi) is 7.66. The van der Waals surface area contributed by atoms with E-state index < -0.39 is 12.0 Å². The average Bonchev–Trinajstić information content (AvgIpc) is 2.66. The second-order valence-corrected chi connectivity index (χ2v) is 7.75. The van der Waals surface area contributed by atoms with Gasteiger partial charge >= 0.3 is 5.97 Å². The molecule has 0 saturated carbocycles. The highest BCUT2D eigenvalue weighted by Crippen LogP contribution is 2.20. The summed E-state index contributed by atoms with van der Waals surface area (Å²) in [4.78, 5) is 39.0. The lowest BCUT2D eigenvalue weighted by atomic mass is 9.95. The van der Waals surface area contributed by atoms with Crippen molar-refractivity contribution in [3.05, 3.63) is 34.9 Å². The van der Waals surface area contributed by atoms with Crippen molar-refractivity contribution in [3.63, 3.8) is 0 Å². The van der Waals surface area contributed by atoms with Gasteiger partial charge in [-0.3, -0.25) is 9.59 Å². The first-order valence-electron chi connectivity index (χ1n) is 9.24. The van der Waals surface area contributed by atoms with E-state index in [1.54, 1.807) is 29.2 Å². The van der Waals surface area contributed by atoms with Crippen LogP contribution in [-0.4, -0.2) is 48.9 Å². The summed E-state index contributed by atoms with van der Waals surface area (Å²) >= 11 is 5.87. The van der Waals surface area contributed by atoms with Crippen molar-refractivity contribution in [3.8, 4) is 0 Å². The van der Waals surface area contributed by atoms with Gasteiger partial charge in [0.1, 0.15) is 6.04 Å². The maximum atomic E-state index is 12.7. The molecule has 1 saturated heterocycles. The van der Waals surface area contributed by atoms with Crippen molar-refractivity contribution in [2.45, 2.75) is 39.2 Å². The third-order valence-electron chi connectivity index (χ3n) is 4.68. The first-order valence-corrected chi connectivity index (χ1v) is 9.62. The van der Waals surface area contributed by atoms with E-state index in [1.807, 2.05) is 13.8 Å². The highest BCUT2D eigenvalue weighted by atomic mass is 35.5. The van der Waals surface area contributed by atoms with Crippen LogP contribution in [0.4, 0.5) is 0 Å². The maximum Gasteiger partial charge on any atom is 0.328 e. The van der Waals surface area contributed by atoms with Gasteiger partial charge in [0.2, 0.25) is 5.91 Å². The number of carbonyl (C=O) groups is 3. The molecule has 2 rings (SSSR count). The fourth-order valence-electron chi connectivity index (χ4n) is 3.27. The molecular weight excluding hydrogens is 368 g/mol. The number of esters is 1. The van der Waals surface area contributed by atoms with Crippen LogP contribution in [0.2, 0.25) is 5.02 Å². The third-order valence-corrected chi connectivity index (χ3v) is 4.93. The molecule has 1 fully saturated rings. The number of halogens is 1. The molecule has 1 aromatic rings. The smallest absolute Gasteiger partial charge is 0.328 e. The number of nitrogens with one attached hydrogen (secondary N) is 1. The lowest BCUT2D eigenvalue weighted by Gasteiger charge is -2.33. The Hall–Kier alpha value is -2.08. The predicted octanol–water partition coefficient (Wildman–Crippen LogP) is 2.90. The SMILES string of the molecule is COC(=O)C(CC(C)C)NC(=O)C1CCCN(C(=O)c2ccc(Cl)cc2)C1. The van der Waals surface area contributed by atoms with E-state index in [0.717, 1.165) is 6.42 Å². The second kappa shape index (κ2) is 9.74. The highest BCUT2D eigenvalue weighted by molar-refractivity contribution is 6.30. The minimum absolute atomic E-state index is 0.115. The van der Waals surface area contributed by atoms with Gasteiger partial charge in [-0.25, -0.2) is 4.79 Å². The summed E-state index contributed by atoms with van der Waals surface area (Å²) in [5, 5.41) is 3.38. The summed E-state index contributed by atoms with van der Waals surface area (Å²) in [6.07, 6.45) is 1.94. The molecule has 2 amide bonds. The minimum Gasteiger partial charge on any atom is -0.467 e. The summed E-state index contributed by atoms with van der Waals surface area (Å²) in [5.74, 6) is -0.865. The Morgan fingerprint density at radius 1 is 1.26 bits per heavy atom. The molecule has 6 nitrogen and oxygen atoms in total. The zero-order chi connectivity index (χ0) is 20.0. The molecule has 1 N–H and O–H groups in total. The number of nitrogens with zero attached hydrogens (tertiary/aromatic N) is 1. The molecule has 1 aliphatic rings. The van der Waals surface area contributed by atoms with Crippen LogP contribution in [0.15, 0.2) is 24.3 Å². The number of ether oxygens (including phenoxy) is 1. The van der Waals surface area contributed by atoms with Crippen LogP contribution < -0.4 is 5.32 Å². The Morgan fingerprint density at radius 3 is 2.52 bits per heavy atom. The summed E-state index contributed by atoms with van der Waals surface area (Å²) in [6.45, 7) is 4.91. The van der Waals surface area contributed by atoms with Crippen LogP contribution in [0.5, 0.6) is 0 Å². The van der Waals surface area contributed by atoms with Crippen molar-refractivity contribution in [1.82, 2.24) is 10.2 Å². The van der Waals surface area contributed by atoms with Crippen molar-refractivity contribution in [2.24, 2.45) is 11.8 Å². The monoisotopic (exact) mass is 394 g/mol. The number of likely N-dealkylation sites (tertiary alicyclic amines) is 1. The summed E-state index contributed by atoms with van der Waals surface area (Å²) in [7, 11) is 1.31. The first-order chi connectivity index (χ1) is 12.8. The van der Waals surface area contributed by atoms with Crippen molar-refractivity contribution in [2.75, 3.05) is 20.2 Å². The van der Waals surface area contributed by atoms with Crippen LogP contribution in [-0.2, 0) is 14.3 Å². The highest BCUT2D eigenvalue weighted by Gasteiger charge is 2.31. The second-order valence-electron chi connectivity index (χ2n) is 7.31. The van der Waals surface area contributed by atoms with E-state index in [2.05, 4.69) is 5.32 Å². The number of hydrogen-bond acceptors (Lipinski definition) is 4. The molecule has 0 aromatic heterocycles. The van der Waals surface area contributed by atoms with Gasteiger partial charge in [-0.15, -0.1) is 0 Å². The van der Waals surface area contributed by atoms with Crippen molar-refractivity contribution < 1.29 is 19.1 Å². The maximum absolute atomic E-state index is 12.7. The molecule has 1 heterocycles. The van der Waals surface area contributed by atoms with Crippen molar-refractivity contribution >= 4 is 29.4 Å². The molecule has 7 heteroatoms. The van der Waals surface area contributed by atoms with E-state index in [1.165, 1.54) is 7.11 Å². The topological polar surface area (TPSA) is 75.7 Å². The molecule has 1 aromatic carbocycles. The lowest BCUT2D eigenvalue weighted by Crippen LogP contribution is -2.50. The normalized spacial score (nSPS) is 18.1. The molecule has 2 atom stereocenters. The van der Waals surface area contributed by atoms with Gasteiger partial charge < -0.3 is 15.0 Å². The molecule has 0 spiro atoms. The van der Waals surface area contributed by atoms with Crippen LogP contribution in [0.1, 0.15) is 43.5 Å². The average molecular weight is 395 g/mol. The minimum atomic E-state index is -0.662. The Balaban J connectivity index is 2.01. The molecule has 0 bridgehead atoms. The van der Waals surface area contributed by atoms with Gasteiger partial charge in [-0.2, -0.15) is 0 Å². The number of methoxy groups -OCH3 is 1. The predicted molar refractivity (Wildman–Crippen MR) is 103 cm³/mol. The summed E-state index contributed by atoms with van der Waals surface area (Å²) in [5.41, 5.74) is 0.549. The summed E-state index contributed by atoms with van der Waals surface area (Å²) in [6, 6.07) is 6.06. The standard InChI is InChI=1S/C20H27ClN2O4/c1-13(2)11-17(20(26)27-3)22-18(24)15-5-4-10-23(12-15)19(25)14-6-8-16(21)9-7-14/h6-9,13,15,17H,4-5,10-12H2,1-3H3,(H,22,24). The number of amides is 2. The fraction of sp³-hybridized carbons (Fsp3) is 0.550. The van der Waals surface area contributed by atoms with E-state index in [0.29, 0.717) is 36.5 Å². The van der Waals surface area contributed by atoms with Crippen LogP contribution in [0, 0.1) is 11.8 Å². The van der Waals surface area contributed by atoms with Crippen LogP contribution in [0.25, 0.3) is 0 Å². The van der Waals surface area contributed by atoms with E-state index in [9.17, 15) is 14.4 Å². The molecule has 1 aliphatic heterocycles. The van der Waals surface area contributed by atoms with Gasteiger partial charge in [-0.1, -0.05) is 25.4 Å². The van der Waals surface area contributed by atoms with Crippen LogP contribution >= 0.6 is 11.6 Å². The number of benzene rings is 1. The van der Waals surface area contributed by atoms with E-state index >= 15 is 0 Å². The van der Waals surface area contributed by atoms with Crippen LogP contribution in [0.3, 0.4) is 0 Å². The number of piperidine rings is 1. The van der Waals surface area contributed by atoms with Gasteiger partial charge in [0.25, 0.3) is 5.91 Å². The van der Waals surface area contributed by atoms with Crippen molar-refractivity contribution in [1.29, 1.82) is 0 Å². The molecular formula is C20H27ClN2O4. The van der Waals surface area contributed by atoms with Gasteiger partial charge in [0.05, 0.1) is 13.0 Å². The largest absolute Gasteiger partial charge is 0.467 e. The Labute approximate surface area is 165 Å². The molecule has 0 radical (unpaired) electrons. The Morgan fingerprint density at radius 2 is 1.93 bits per heavy atom. The zero-order valence-corrected chi connectivity index (χ0v) is 16.8. The van der Waals surface area contributed by atoms with E-state index in [4.69, 9.17) is 16.3 Å². The van der Waals surface area contributed by atoms with Gasteiger partial charge in [0.15, 0.2) is 0 Å². The van der Waals surface area contributed by atoms with Gasteiger partial charge in [0, 0.05) is 23.7 Å². The number of rotatable bonds is 6. The molecule has 27 heavy (non-hydrogen) atoms. The number of carbonyl (C=O) groups excluding carboxylic acids is 3. The first kappa shape index (κ1) is 21.2. The fourth-order valence-corrected chi connectivity index (χ4v) is 3.39. The zero-order valence-electron chi connectivity index (χ0n) is 16.0. The quantitative estimate of drug-likeness (QED) is 0.753. The van der Waals surface area contributed by atoms with E-state index in [-0.39, 0.29) is 23.7 Å². The molecule has 0 aliphatic carbocycles. The van der Waals surface area contributed by atoms with Gasteiger partial charge in [-0.05, 0) is 49.4 Å².